The van der Waals surface area contributed by atoms with E-state index >= 15 is 0 Å². The number of nitrogens with zero attached hydrogens (tertiary/aromatic N) is 4. The normalized spacial score (nSPS) is 22.3. The zero-order chi connectivity index (χ0) is 32.9. The molecule has 0 radical (unpaired) electrons. The zero-order valence-electron chi connectivity index (χ0n) is 26.5. The van der Waals surface area contributed by atoms with Gasteiger partial charge < -0.3 is 20.4 Å². The van der Waals surface area contributed by atoms with Crippen LogP contribution in [0, 0.1) is 17.2 Å². The molecule has 44 heavy (non-hydrogen) atoms. The van der Waals surface area contributed by atoms with Gasteiger partial charge in [0.15, 0.2) is 0 Å². The molecule has 1 aromatic carbocycles. The molecule has 0 spiro atoms. The van der Waals surface area contributed by atoms with Gasteiger partial charge in [-0.2, -0.15) is 18.4 Å². The third kappa shape index (κ3) is 9.03. The Bertz CT molecular complexity index is 1220. The summed E-state index contributed by atoms with van der Waals surface area (Å²) in [4.78, 5) is 44.1. The number of likely N-dealkylation sites (tertiary alicyclic amines) is 1. The number of thioether (sulfide) groups is 1. The number of carbonyl (C=O) groups excluding carboxylic acids is 3. The van der Waals surface area contributed by atoms with E-state index in [-0.39, 0.29) is 29.3 Å². The first-order valence-electron chi connectivity index (χ1n) is 15.1. The number of carbonyl (C=O) groups is 3. The Morgan fingerprint density at radius 1 is 1.20 bits per heavy atom. The number of nitrogens with one attached hydrogen (secondary N) is 2. The maximum Gasteiger partial charge on any atom is 0.405 e. The third-order valence-electron chi connectivity index (χ3n) is 8.62. The summed E-state index contributed by atoms with van der Waals surface area (Å²) in [7, 11) is 1.77. The molecule has 3 rings (SSSR count). The molecule has 2 aliphatic rings. The molecule has 2 fully saturated rings. The fraction of sp³-hybridized carbons (Fsp3) is 0.677. The highest BCUT2D eigenvalue weighted by molar-refractivity contribution is 8.01. The fourth-order valence-electron chi connectivity index (χ4n) is 6.14. The van der Waals surface area contributed by atoms with Crippen LogP contribution in [0.4, 0.5) is 24.5 Å². The Hall–Kier alpha value is -2.98. The molecule has 3 atom stereocenters. The number of rotatable bonds is 12. The van der Waals surface area contributed by atoms with Crippen LogP contribution in [0.2, 0.25) is 0 Å². The van der Waals surface area contributed by atoms with Crippen molar-refractivity contribution in [2.75, 3.05) is 43.4 Å². The van der Waals surface area contributed by atoms with E-state index in [4.69, 9.17) is 0 Å². The van der Waals surface area contributed by atoms with Crippen molar-refractivity contribution < 1.29 is 27.6 Å². The molecule has 2 aliphatic heterocycles. The van der Waals surface area contributed by atoms with Crippen LogP contribution in [0.3, 0.4) is 0 Å². The molecule has 0 aliphatic carbocycles. The lowest BCUT2D eigenvalue weighted by atomic mass is 9.80. The molecular formula is C31H45F3N6O3S. The van der Waals surface area contributed by atoms with Crippen molar-refractivity contribution in [2.45, 2.75) is 94.6 Å². The number of hydrogen-bond donors (Lipinski definition) is 2. The summed E-state index contributed by atoms with van der Waals surface area (Å²) in [5.74, 6) is -2.42. The zero-order valence-corrected chi connectivity index (χ0v) is 27.3. The van der Waals surface area contributed by atoms with Crippen molar-refractivity contribution in [3.05, 3.63) is 24.3 Å². The van der Waals surface area contributed by atoms with Crippen LogP contribution in [0.25, 0.3) is 0 Å². The Morgan fingerprint density at radius 2 is 1.86 bits per heavy atom. The SMILES string of the molecule is CCN1C(=O)C(CCNc2cccc(N(C)C(=O)CN3C(C)(C)CCCC3(C)C)c2)SC1CC(C#N)C(=O)NCC(F)(F)F. The number of halogens is 3. The van der Waals surface area contributed by atoms with E-state index in [0.29, 0.717) is 26.1 Å². The number of likely N-dealkylation sites (N-methyl/N-ethyl adjacent to an activating group) is 1. The van der Waals surface area contributed by atoms with E-state index in [1.807, 2.05) is 24.3 Å². The number of anilines is 2. The van der Waals surface area contributed by atoms with Gasteiger partial charge in [-0.3, -0.25) is 19.3 Å². The van der Waals surface area contributed by atoms with Gasteiger partial charge in [-0.15, -0.1) is 11.8 Å². The van der Waals surface area contributed by atoms with Gasteiger partial charge in [-0.1, -0.05) is 6.07 Å². The minimum Gasteiger partial charge on any atom is -0.385 e. The van der Waals surface area contributed by atoms with Crippen LogP contribution < -0.4 is 15.5 Å². The molecule has 1 aromatic rings. The molecule has 2 saturated heterocycles. The summed E-state index contributed by atoms with van der Waals surface area (Å²) < 4.78 is 37.5. The molecule has 3 amide bonds. The number of hydrogen-bond acceptors (Lipinski definition) is 7. The largest absolute Gasteiger partial charge is 0.405 e. The minimum absolute atomic E-state index is 0.00612. The summed E-state index contributed by atoms with van der Waals surface area (Å²) in [6, 6.07) is 9.32. The van der Waals surface area contributed by atoms with Crippen LogP contribution in [0.5, 0.6) is 0 Å². The highest BCUT2D eigenvalue weighted by atomic mass is 32.2. The van der Waals surface area contributed by atoms with Crippen molar-refractivity contribution >= 4 is 40.9 Å². The second-order valence-corrected chi connectivity index (χ2v) is 14.1. The first kappa shape index (κ1) is 35.5. The topological polar surface area (TPSA) is 109 Å². The molecule has 3 unspecified atom stereocenters. The maximum absolute atomic E-state index is 13.4. The molecular weight excluding hydrogens is 593 g/mol. The molecule has 9 nitrogen and oxygen atoms in total. The maximum atomic E-state index is 13.4. The Labute approximate surface area is 262 Å². The monoisotopic (exact) mass is 638 g/mol. The average molecular weight is 639 g/mol. The van der Waals surface area contributed by atoms with Crippen molar-refractivity contribution in [2.24, 2.45) is 5.92 Å². The second-order valence-electron chi connectivity index (χ2n) is 12.7. The average Bonchev–Trinajstić information content (AvgIpc) is 3.24. The van der Waals surface area contributed by atoms with Gasteiger partial charge in [0.05, 0.1) is 23.2 Å². The number of amides is 3. The summed E-state index contributed by atoms with van der Waals surface area (Å²) in [6.07, 6.45) is -0.940. The Kier molecular flexibility index (Phi) is 11.6. The highest BCUT2D eigenvalue weighted by Crippen LogP contribution is 2.39. The van der Waals surface area contributed by atoms with E-state index < -0.39 is 35.2 Å². The van der Waals surface area contributed by atoms with E-state index in [1.165, 1.54) is 11.8 Å². The predicted octanol–water partition coefficient (Wildman–Crippen LogP) is 4.99. The van der Waals surface area contributed by atoms with Crippen LogP contribution >= 0.6 is 11.8 Å². The van der Waals surface area contributed by atoms with Gasteiger partial charge in [-0.25, -0.2) is 0 Å². The Balaban J connectivity index is 1.56. The fourth-order valence-corrected chi connectivity index (χ4v) is 7.73. The van der Waals surface area contributed by atoms with Gasteiger partial charge in [-0.05, 0) is 78.5 Å². The smallest absolute Gasteiger partial charge is 0.385 e. The van der Waals surface area contributed by atoms with Gasteiger partial charge in [0.1, 0.15) is 12.5 Å². The predicted molar refractivity (Wildman–Crippen MR) is 167 cm³/mol. The summed E-state index contributed by atoms with van der Waals surface area (Å²) >= 11 is 1.32. The second kappa shape index (κ2) is 14.4. The van der Waals surface area contributed by atoms with Crippen molar-refractivity contribution in [3.63, 3.8) is 0 Å². The highest BCUT2D eigenvalue weighted by Gasteiger charge is 2.43. The lowest BCUT2D eigenvalue weighted by molar-refractivity contribution is -0.140. The van der Waals surface area contributed by atoms with E-state index in [9.17, 15) is 32.8 Å². The van der Waals surface area contributed by atoms with Gasteiger partial charge >= 0.3 is 6.18 Å². The quantitative estimate of drug-likeness (QED) is 0.332. The number of piperidine rings is 1. The molecule has 0 saturated carbocycles. The lowest BCUT2D eigenvalue weighted by Crippen LogP contribution is -2.61. The molecule has 2 heterocycles. The number of nitriles is 1. The third-order valence-corrected chi connectivity index (χ3v) is 10.1. The van der Waals surface area contributed by atoms with E-state index in [1.54, 1.807) is 35.2 Å². The van der Waals surface area contributed by atoms with Crippen LogP contribution in [0.1, 0.15) is 66.7 Å². The number of benzene rings is 1. The molecule has 244 valence electrons. The molecule has 2 N–H and O–H groups in total. The molecule has 0 bridgehead atoms. The lowest BCUT2D eigenvalue weighted by Gasteiger charge is -2.52. The van der Waals surface area contributed by atoms with Crippen LogP contribution in [-0.2, 0) is 14.4 Å². The molecule has 13 heteroatoms. The summed E-state index contributed by atoms with van der Waals surface area (Å²) in [5, 5.41) is 13.6. The standard InChI is InChI=1S/C31H45F3N6O3S/c1-7-39-26(16-21(18-35)27(42)37-20-31(32,33)34)44-24(28(39)43)12-15-36-22-10-8-11-23(17-22)38(6)25(41)19-40-29(2,3)13-9-14-30(40,4)5/h8,10-11,17,21,24,26,36H,7,9,12-16,19-20H2,1-6H3,(H,37,42). The van der Waals surface area contributed by atoms with Gasteiger partial charge in [0.25, 0.3) is 0 Å². The van der Waals surface area contributed by atoms with E-state index in [0.717, 1.165) is 30.6 Å². The van der Waals surface area contributed by atoms with Crippen molar-refractivity contribution in [1.29, 1.82) is 5.26 Å². The minimum atomic E-state index is -4.58. The Morgan fingerprint density at radius 3 is 2.45 bits per heavy atom. The number of alkyl halides is 3. The van der Waals surface area contributed by atoms with E-state index in [2.05, 4.69) is 37.9 Å². The molecule has 0 aromatic heterocycles. The van der Waals surface area contributed by atoms with Gasteiger partial charge in [0.2, 0.25) is 17.7 Å². The van der Waals surface area contributed by atoms with Crippen LogP contribution in [-0.4, -0.2) is 88.6 Å². The first-order valence-corrected chi connectivity index (χ1v) is 16.0. The van der Waals surface area contributed by atoms with Gasteiger partial charge in [0, 0.05) is 49.0 Å². The summed E-state index contributed by atoms with van der Waals surface area (Å²) in [6.45, 7) is 10.2. The first-order chi connectivity index (χ1) is 20.5. The summed E-state index contributed by atoms with van der Waals surface area (Å²) in [5.41, 5.74) is 1.41. The van der Waals surface area contributed by atoms with Crippen molar-refractivity contribution in [3.8, 4) is 6.07 Å². The van der Waals surface area contributed by atoms with Crippen molar-refractivity contribution in [1.82, 2.24) is 15.1 Å². The van der Waals surface area contributed by atoms with Crippen LogP contribution in [0.15, 0.2) is 24.3 Å².